The maximum absolute atomic E-state index is 7.18. The molecule has 310 valence electrons. The molecule has 0 saturated heterocycles. The van der Waals surface area contributed by atoms with Crippen molar-refractivity contribution in [1.29, 1.82) is 0 Å². The first-order valence-corrected chi connectivity index (χ1v) is 22.6. The third-order valence-electron chi connectivity index (χ3n) is 13.8. The fraction of sp³-hybridized carbons (Fsp3) is 0. The van der Waals surface area contributed by atoms with Crippen LogP contribution in [0, 0.1) is 0 Å². The van der Waals surface area contributed by atoms with Crippen LogP contribution in [0.25, 0.3) is 149 Å². The summed E-state index contributed by atoms with van der Waals surface area (Å²) in [5.41, 5.74) is 8.96. The largest absolute Gasteiger partial charge is 0.456 e. The van der Waals surface area contributed by atoms with Gasteiger partial charge < -0.3 is 13.4 Å². The van der Waals surface area contributed by atoms with Crippen molar-refractivity contribution < 1.29 is 8.83 Å². The Morgan fingerprint density at radius 1 is 0.313 bits per heavy atom. The van der Waals surface area contributed by atoms with Crippen molar-refractivity contribution >= 4 is 109 Å². The van der Waals surface area contributed by atoms with Crippen molar-refractivity contribution in [2.45, 2.75) is 0 Å². The van der Waals surface area contributed by atoms with Gasteiger partial charge in [-0.1, -0.05) is 140 Å². The summed E-state index contributed by atoms with van der Waals surface area (Å²) in [6.07, 6.45) is 0. The fourth-order valence-electron chi connectivity index (χ4n) is 10.7. The summed E-state index contributed by atoms with van der Waals surface area (Å²) in [5.74, 6) is 1.65. The molecule has 6 nitrogen and oxygen atoms in total. The van der Waals surface area contributed by atoms with Crippen LogP contribution in [-0.2, 0) is 0 Å². The minimum absolute atomic E-state index is 0.518. The van der Waals surface area contributed by atoms with Crippen molar-refractivity contribution in [3.63, 3.8) is 0 Å². The third-order valence-corrected chi connectivity index (χ3v) is 13.8. The van der Waals surface area contributed by atoms with Crippen molar-refractivity contribution in [2.24, 2.45) is 0 Å². The maximum Gasteiger partial charge on any atom is 0.167 e. The first kappa shape index (κ1) is 36.2. The van der Waals surface area contributed by atoms with Gasteiger partial charge in [0, 0.05) is 38.1 Å². The Kier molecular flexibility index (Phi) is 7.40. The second-order valence-electron chi connectivity index (χ2n) is 17.5. The van der Waals surface area contributed by atoms with Crippen molar-refractivity contribution in [1.82, 2.24) is 19.5 Å². The van der Waals surface area contributed by atoms with Crippen LogP contribution in [0.2, 0.25) is 0 Å². The number of hydrogen-bond donors (Lipinski definition) is 0. The number of benzene rings is 11. The molecule has 4 heterocycles. The van der Waals surface area contributed by atoms with Gasteiger partial charge in [0.1, 0.15) is 22.3 Å². The Labute approximate surface area is 381 Å². The topological polar surface area (TPSA) is 69.9 Å². The van der Waals surface area contributed by atoms with Crippen LogP contribution in [0.4, 0.5) is 0 Å². The predicted molar refractivity (Wildman–Crippen MR) is 275 cm³/mol. The Hall–Kier alpha value is -9.13. The number of furan rings is 2. The van der Waals surface area contributed by atoms with Gasteiger partial charge in [0.05, 0.1) is 27.7 Å². The molecule has 0 aliphatic heterocycles. The van der Waals surface area contributed by atoms with E-state index in [4.69, 9.17) is 23.8 Å². The van der Waals surface area contributed by atoms with E-state index in [1.807, 2.05) is 30.3 Å². The molecule has 15 rings (SSSR count). The van der Waals surface area contributed by atoms with Gasteiger partial charge in [-0.2, -0.15) is 0 Å². The predicted octanol–water partition coefficient (Wildman–Crippen LogP) is 16.4. The van der Waals surface area contributed by atoms with Gasteiger partial charge in [0.25, 0.3) is 0 Å². The van der Waals surface area contributed by atoms with Crippen LogP contribution in [0.15, 0.2) is 215 Å². The quantitative estimate of drug-likeness (QED) is 0.176. The molecule has 0 bridgehead atoms. The van der Waals surface area contributed by atoms with Crippen LogP contribution in [0.1, 0.15) is 0 Å². The minimum atomic E-state index is 0.518. The lowest BCUT2D eigenvalue weighted by atomic mass is 10.0. The van der Waals surface area contributed by atoms with Crippen molar-refractivity contribution in [2.75, 3.05) is 0 Å². The molecule has 0 unspecified atom stereocenters. The van der Waals surface area contributed by atoms with Gasteiger partial charge in [-0.3, -0.25) is 0 Å². The SMILES string of the molecule is c1ccc2cc3c(cc2c1)oc1c(-c2nc(-c4ccc5oc6ccccc6c5c4)nc(-c4cccc5ccccc45)n2)ccc(-n2c4cc5ccccc5cc4c4c5ccccc5ccc42)c13. The summed E-state index contributed by atoms with van der Waals surface area (Å²) in [5, 5.41) is 15.7. The van der Waals surface area contributed by atoms with E-state index in [1.54, 1.807) is 0 Å². The highest BCUT2D eigenvalue weighted by atomic mass is 16.3. The van der Waals surface area contributed by atoms with Crippen LogP contribution in [-0.4, -0.2) is 19.5 Å². The number of rotatable bonds is 4. The second kappa shape index (κ2) is 13.7. The van der Waals surface area contributed by atoms with Crippen molar-refractivity contribution in [3.05, 3.63) is 206 Å². The zero-order valence-electron chi connectivity index (χ0n) is 35.7. The Bertz CT molecular complexity index is 4590. The van der Waals surface area contributed by atoms with Crippen LogP contribution in [0.5, 0.6) is 0 Å². The summed E-state index contributed by atoms with van der Waals surface area (Å²) in [7, 11) is 0. The van der Waals surface area contributed by atoms with E-state index in [9.17, 15) is 0 Å². The molecule has 0 saturated carbocycles. The average molecular weight is 855 g/mol. The molecule has 15 aromatic rings. The van der Waals surface area contributed by atoms with Gasteiger partial charge in [-0.05, 0) is 110 Å². The standard InChI is InChI=1S/C61H34N4O2/c1-3-16-39-33-52-48(30-37(39)14-1)56-43-20-8-6-13-36(43)24-27-50(56)65(52)51-28-26-46(58-57(51)49-31-38-15-2-4-17-40(38)34-55(49)67-58)61-63-59(41-25-29-54-47(32-41)44-21-9-10-23-53(44)66-54)62-60(64-61)45-22-11-18-35-12-5-7-19-42(35)45/h1-34H. The third kappa shape index (κ3) is 5.35. The number of aromatic nitrogens is 4. The molecule has 6 heteroatoms. The molecule has 0 atom stereocenters. The summed E-state index contributed by atoms with van der Waals surface area (Å²) in [6.45, 7) is 0. The van der Waals surface area contributed by atoms with E-state index in [0.29, 0.717) is 23.1 Å². The first-order chi connectivity index (χ1) is 33.2. The zero-order valence-corrected chi connectivity index (χ0v) is 35.7. The number of fused-ring (bicyclic) bond motifs is 14. The minimum Gasteiger partial charge on any atom is -0.456 e. The molecule has 0 aliphatic carbocycles. The van der Waals surface area contributed by atoms with Crippen LogP contribution < -0.4 is 0 Å². The molecule has 0 radical (unpaired) electrons. The molecule has 0 N–H and O–H groups in total. The highest BCUT2D eigenvalue weighted by Gasteiger charge is 2.25. The molecule has 0 spiro atoms. The second-order valence-corrected chi connectivity index (χ2v) is 17.5. The molecular weight excluding hydrogens is 821 g/mol. The molecule has 4 aromatic heterocycles. The van der Waals surface area contributed by atoms with E-state index < -0.39 is 0 Å². The number of para-hydroxylation sites is 1. The number of hydrogen-bond acceptors (Lipinski definition) is 5. The Balaban J connectivity index is 1.06. The lowest BCUT2D eigenvalue weighted by Gasteiger charge is -2.13. The van der Waals surface area contributed by atoms with Crippen molar-refractivity contribution in [3.8, 4) is 39.9 Å². The van der Waals surface area contributed by atoms with Crippen LogP contribution in [0.3, 0.4) is 0 Å². The van der Waals surface area contributed by atoms with E-state index in [-0.39, 0.29) is 0 Å². The van der Waals surface area contributed by atoms with E-state index in [1.165, 1.54) is 32.3 Å². The highest BCUT2D eigenvalue weighted by Crippen LogP contribution is 2.45. The average Bonchev–Trinajstić information content (AvgIpc) is 4.06. The molecule has 67 heavy (non-hydrogen) atoms. The highest BCUT2D eigenvalue weighted by molar-refractivity contribution is 6.25. The molecule has 0 amide bonds. The summed E-state index contributed by atoms with van der Waals surface area (Å²) >= 11 is 0. The summed E-state index contributed by atoms with van der Waals surface area (Å²) in [6, 6.07) is 72.8. The van der Waals surface area contributed by atoms with Gasteiger partial charge in [0.15, 0.2) is 17.5 Å². The lowest BCUT2D eigenvalue weighted by Crippen LogP contribution is -2.01. The van der Waals surface area contributed by atoms with Crippen LogP contribution >= 0.6 is 0 Å². The van der Waals surface area contributed by atoms with Gasteiger partial charge in [-0.15, -0.1) is 0 Å². The van der Waals surface area contributed by atoms with E-state index in [2.05, 4.69) is 180 Å². The summed E-state index contributed by atoms with van der Waals surface area (Å²) in [4.78, 5) is 16.0. The smallest absolute Gasteiger partial charge is 0.167 e. The van der Waals surface area contributed by atoms with Gasteiger partial charge >= 0.3 is 0 Å². The van der Waals surface area contributed by atoms with E-state index in [0.717, 1.165) is 93.2 Å². The Morgan fingerprint density at radius 3 is 1.73 bits per heavy atom. The normalized spacial score (nSPS) is 12.2. The monoisotopic (exact) mass is 854 g/mol. The molecular formula is C61H34N4O2. The first-order valence-electron chi connectivity index (χ1n) is 22.6. The lowest BCUT2D eigenvalue weighted by molar-refractivity contribution is 0.669. The maximum atomic E-state index is 7.18. The summed E-state index contributed by atoms with van der Waals surface area (Å²) < 4.78 is 15.9. The number of nitrogens with zero attached hydrogens (tertiary/aromatic N) is 4. The molecule has 0 aliphatic rings. The molecule has 0 fully saturated rings. The fourth-order valence-corrected chi connectivity index (χ4v) is 10.7. The van der Waals surface area contributed by atoms with Gasteiger partial charge in [-0.25, -0.2) is 15.0 Å². The van der Waals surface area contributed by atoms with Gasteiger partial charge in [0.2, 0.25) is 0 Å². The molecule has 11 aromatic carbocycles. The van der Waals surface area contributed by atoms with E-state index >= 15 is 0 Å². The zero-order chi connectivity index (χ0) is 43.7. The Morgan fingerprint density at radius 2 is 0.925 bits per heavy atom.